The molecule has 2 heterocycles. The van der Waals surface area contributed by atoms with Gasteiger partial charge in [-0.1, -0.05) is 13.8 Å². The van der Waals surface area contributed by atoms with Gasteiger partial charge in [0.1, 0.15) is 12.9 Å². The van der Waals surface area contributed by atoms with E-state index in [0.29, 0.717) is 24.1 Å². The van der Waals surface area contributed by atoms with Crippen LogP contribution in [0, 0.1) is 5.92 Å². The maximum absolute atomic E-state index is 5.40. The maximum atomic E-state index is 5.40. The van der Waals surface area contributed by atoms with Crippen LogP contribution in [0.15, 0.2) is 22.1 Å². The number of nitrogens with zero attached hydrogens (tertiary/aromatic N) is 2. The molecular weight excluding hydrogens is 168 g/mol. The fourth-order valence-corrected chi connectivity index (χ4v) is 1.19. The van der Waals surface area contributed by atoms with Crippen LogP contribution < -0.4 is 0 Å². The molecule has 1 aliphatic heterocycles. The van der Waals surface area contributed by atoms with Gasteiger partial charge in [0.25, 0.3) is 0 Å². The predicted octanol–water partition coefficient (Wildman–Crippen LogP) is 1.48. The van der Waals surface area contributed by atoms with Gasteiger partial charge in [-0.3, -0.25) is 0 Å². The summed E-state index contributed by atoms with van der Waals surface area (Å²) < 4.78 is 10.2. The Morgan fingerprint density at radius 2 is 2.38 bits per heavy atom. The van der Waals surface area contributed by atoms with Gasteiger partial charge < -0.3 is 9.15 Å². The average Bonchev–Trinajstić information content (AvgIpc) is 2.75. The third-order valence-electron chi connectivity index (χ3n) is 2.09. The summed E-state index contributed by atoms with van der Waals surface area (Å²) >= 11 is 0. The normalized spacial score (nSPS) is 21.8. The van der Waals surface area contributed by atoms with Crippen molar-refractivity contribution in [1.29, 1.82) is 0 Å². The molecule has 0 aromatic carbocycles. The molecule has 0 bridgehead atoms. The summed E-state index contributed by atoms with van der Waals surface area (Å²) in [6, 6.07) is 0.256. The van der Waals surface area contributed by atoms with E-state index >= 15 is 0 Å². The van der Waals surface area contributed by atoms with Crippen LogP contribution in [0.1, 0.15) is 19.5 Å². The van der Waals surface area contributed by atoms with Gasteiger partial charge in [-0.25, -0.2) is 9.98 Å². The summed E-state index contributed by atoms with van der Waals surface area (Å²) in [7, 11) is 0. The Morgan fingerprint density at radius 3 is 2.92 bits per heavy atom. The van der Waals surface area contributed by atoms with Crippen molar-refractivity contribution in [2.45, 2.75) is 19.9 Å². The molecular formula is C9H12N2O2. The van der Waals surface area contributed by atoms with Crippen molar-refractivity contribution in [3.8, 4) is 0 Å². The molecule has 1 aromatic rings. The first-order valence-electron chi connectivity index (χ1n) is 4.36. The minimum atomic E-state index is 0.256. The van der Waals surface area contributed by atoms with Gasteiger partial charge >= 0.3 is 0 Å². The second-order valence-electron chi connectivity index (χ2n) is 3.43. The molecule has 4 heteroatoms. The van der Waals surface area contributed by atoms with Crippen LogP contribution in [0.4, 0.5) is 0 Å². The van der Waals surface area contributed by atoms with Gasteiger partial charge in [0.2, 0.25) is 5.90 Å². The van der Waals surface area contributed by atoms with E-state index in [1.807, 2.05) is 0 Å². The Balaban J connectivity index is 2.15. The first kappa shape index (κ1) is 8.29. The van der Waals surface area contributed by atoms with Crippen molar-refractivity contribution in [1.82, 2.24) is 4.98 Å². The Bertz CT molecular complexity index is 303. The predicted molar refractivity (Wildman–Crippen MR) is 47.6 cm³/mol. The molecule has 1 unspecified atom stereocenters. The van der Waals surface area contributed by atoms with Crippen LogP contribution in [-0.4, -0.2) is 23.5 Å². The lowest BCUT2D eigenvalue weighted by molar-refractivity contribution is 0.291. The molecule has 0 saturated heterocycles. The number of oxazole rings is 1. The quantitative estimate of drug-likeness (QED) is 0.692. The van der Waals surface area contributed by atoms with Crippen molar-refractivity contribution in [3.63, 3.8) is 0 Å². The van der Waals surface area contributed by atoms with Crippen molar-refractivity contribution in [3.05, 3.63) is 18.4 Å². The van der Waals surface area contributed by atoms with Gasteiger partial charge in [-0.2, -0.15) is 0 Å². The molecule has 1 aromatic heterocycles. The highest BCUT2D eigenvalue weighted by atomic mass is 16.5. The largest absolute Gasteiger partial charge is 0.474 e. The highest BCUT2D eigenvalue weighted by Crippen LogP contribution is 2.16. The molecule has 0 aliphatic carbocycles. The van der Waals surface area contributed by atoms with Gasteiger partial charge in [0.15, 0.2) is 12.1 Å². The smallest absolute Gasteiger partial charge is 0.239 e. The maximum Gasteiger partial charge on any atom is 0.239 e. The molecule has 1 aliphatic rings. The van der Waals surface area contributed by atoms with E-state index in [4.69, 9.17) is 9.15 Å². The fourth-order valence-electron chi connectivity index (χ4n) is 1.19. The Kier molecular flexibility index (Phi) is 2.04. The molecule has 2 rings (SSSR count). The van der Waals surface area contributed by atoms with Crippen LogP contribution in [-0.2, 0) is 4.74 Å². The highest BCUT2D eigenvalue weighted by molar-refractivity contribution is 5.92. The summed E-state index contributed by atoms with van der Waals surface area (Å²) in [6.07, 6.45) is 2.92. The van der Waals surface area contributed by atoms with Crippen LogP contribution >= 0.6 is 0 Å². The van der Waals surface area contributed by atoms with Gasteiger partial charge in [-0.05, 0) is 5.92 Å². The summed E-state index contributed by atoms with van der Waals surface area (Å²) in [4.78, 5) is 8.37. The zero-order chi connectivity index (χ0) is 9.26. The first-order chi connectivity index (χ1) is 6.27. The number of aromatic nitrogens is 1. The Labute approximate surface area is 76.6 Å². The standard InChI is InChI=1S/C9H12N2O2/c1-6(2)7-4-13-9(11-7)8-3-12-5-10-8/h3,5-7H,4H2,1-2H3. The van der Waals surface area contributed by atoms with E-state index in [1.165, 1.54) is 6.39 Å². The number of rotatable bonds is 2. The third-order valence-corrected chi connectivity index (χ3v) is 2.09. The lowest BCUT2D eigenvalue weighted by atomic mass is 10.1. The molecule has 1 atom stereocenters. The monoisotopic (exact) mass is 180 g/mol. The lowest BCUT2D eigenvalue weighted by Gasteiger charge is -2.06. The van der Waals surface area contributed by atoms with Crippen LogP contribution in [0.5, 0.6) is 0 Å². The fraction of sp³-hybridized carbons (Fsp3) is 0.556. The van der Waals surface area contributed by atoms with Gasteiger partial charge in [0.05, 0.1) is 6.04 Å². The molecule has 0 radical (unpaired) electrons. The van der Waals surface area contributed by atoms with E-state index in [1.54, 1.807) is 6.26 Å². The topological polar surface area (TPSA) is 47.6 Å². The van der Waals surface area contributed by atoms with E-state index < -0.39 is 0 Å². The first-order valence-corrected chi connectivity index (χ1v) is 4.36. The zero-order valence-corrected chi connectivity index (χ0v) is 7.73. The van der Waals surface area contributed by atoms with E-state index in [9.17, 15) is 0 Å². The molecule has 0 amide bonds. The Hall–Kier alpha value is -1.32. The molecule has 4 nitrogen and oxygen atoms in total. The molecule has 0 saturated carbocycles. The minimum absolute atomic E-state index is 0.256. The summed E-state index contributed by atoms with van der Waals surface area (Å²) in [6.45, 7) is 4.91. The second kappa shape index (κ2) is 3.20. The zero-order valence-electron chi connectivity index (χ0n) is 7.73. The highest BCUT2D eigenvalue weighted by Gasteiger charge is 2.23. The van der Waals surface area contributed by atoms with E-state index in [-0.39, 0.29) is 6.04 Å². The number of hydrogen-bond donors (Lipinski definition) is 0. The third kappa shape index (κ3) is 1.56. The van der Waals surface area contributed by atoms with Gasteiger partial charge in [-0.15, -0.1) is 0 Å². The molecule has 70 valence electrons. The van der Waals surface area contributed by atoms with Crippen LogP contribution in [0.25, 0.3) is 0 Å². The minimum Gasteiger partial charge on any atom is -0.474 e. The summed E-state index contributed by atoms with van der Waals surface area (Å²) in [5.74, 6) is 1.11. The molecule has 0 fully saturated rings. The summed E-state index contributed by atoms with van der Waals surface area (Å²) in [5.41, 5.74) is 0.683. The van der Waals surface area contributed by atoms with Crippen molar-refractivity contribution < 1.29 is 9.15 Å². The Morgan fingerprint density at radius 1 is 1.54 bits per heavy atom. The van der Waals surface area contributed by atoms with Crippen molar-refractivity contribution in [2.24, 2.45) is 10.9 Å². The van der Waals surface area contributed by atoms with E-state index in [0.717, 1.165) is 0 Å². The number of ether oxygens (including phenoxy) is 1. The van der Waals surface area contributed by atoms with Gasteiger partial charge in [0, 0.05) is 0 Å². The number of hydrogen-bond acceptors (Lipinski definition) is 4. The second-order valence-corrected chi connectivity index (χ2v) is 3.43. The van der Waals surface area contributed by atoms with Crippen LogP contribution in [0.3, 0.4) is 0 Å². The summed E-state index contributed by atoms with van der Waals surface area (Å²) in [5, 5.41) is 0. The number of aliphatic imine (C=N–C) groups is 1. The lowest BCUT2D eigenvalue weighted by Crippen LogP contribution is -2.13. The SMILES string of the molecule is CC(C)C1COC(c2cocn2)=N1. The molecule has 13 heavy (non-hydrogen) atoms. The van der Waals surface area contributed by atoms with Crippen molar-refractivity contribution >= 4 is 5.90 Å². The van der Waals surface area contributed by atoms with Crippen molar-refractivity contribution in [2.75, 3.05) is 6.61 Å². The van der Waals surface area contributed by atoms with Crippen LogP contribution in [0.2, 0.25) is 0 Å². The average molecular weight is 180 g/mol. The molecule has 0 N–H and O–H groups in total. The molecule has 0 spiro atoms. The van der Waals surface area contributed by atoms with E-state index in [2.05, 4.69) is 23.8 Å².